The maximum Gasteiger partial charge on any atom is 0.327 e. The van der Waals surface area contributed by atoms with Crippen molar-refractivity contribution < 1.29 is 19.5 Å². The summed E-state index contributed by atoms with van der Waals surface area (Å²) in [6, 6.07) is -0.947. The largest absolute Gasteiger partial charge is 0.480 e. The van der Waals surface area contributed by atoms with Crippen molar-refractivity contribution in [3.63, 3.8) is 0 Å². The highest BCUT2D eigenvalue weighted by molar-refractivity contribution is 8.00. The summed E-state index contributed by atoms with van der Waals surface area (Å²) in [5.41, 5.74) is 0. The molecule has 0 radical (unpaired) electrons. The number of carboxylic acids is 1. The van der Waals surface area contributed by atoms with Crippen LogP contribution >= 0.6 is 11.8 Å². The molecule has 0 aliphatic carbocycles. The smallest absolute Gasteiger partial charge is 0.327 e. The summed E-state index contributed by atoms with van der Waals surface area (Å²) in [5, 5.41) is 11.2. The second-order valence-corrected chi connectivity index (χ2v) is 4.70. The van der Waals surface area contributed by atoms with E-state index >= 15 is 0 Å². The number of rotatable bonds is 8. The lowest BCUT2D eigenvalue weighted by atomic mass is 10.3. The van der Waals surface area contributed by atoms with Crippen LogP contribution in [-0.4, -0.2) is 58.4 Å². The molecule has 18 heavy (non-hydrogen) atoms. The zero-order valence-corrected chi connectivity index (χ0v) is 11.7. The average molecular weight is 276 g/mol. The Bertz CT molecular complexity index is 305. The van der Waals surface area contributed by atoms with Crippen LogP contribution in [0.4, 0.5) is 0 Å². The van der Waals surface area contributed by atoms with Crippen LogP contribution in [0, 0.1) is 0 Å². The zero-order chi connectivity index (χ0) is 14.1. The van der Waals surface area contributed by atoms with Gasteiger partial charge in [0.2, 0.25) is 11.8 Å². The summed E-state index contributed by atoms with van der Waals surface area (Å²) in [4.78, 5) is 35.0. The van der Waals surface area contributed by atoms with Crippen molar-refractivity contribution in [2.24, 2.45) is 0 Å². The van der Waals surface area contributed by atoms with Crippen molar-refractivity contribution in [1.29, 1.82) is 0 Å². The van der Waals surface area contributed by atoms with E-state index in [0.29, 0.717) is 13.1 Å². The molecule has 1 atom stereocenters. The summed E-state index contributed by atoms with van der Waals surface area (Å²) in [6.45, 7) is 6.34. The summed E-state index contributed by atoms with van der Waals surface area (Å²) in [7, 11) is 0. The average Bonchev–Trinajstić information content (AvgIpc) is 2.28. The lowest BCUT2D eigenvalue weighted by Crippen LogP contribution is -2.42. The molecular weight excluding hydrogens is 256 g/mol. The third-order valence-electron chi connectivity index (χ3n) is 2.30. The van der Waals surface area contributed by atoms with E-state index in [1.165, 1.54) is 18.7 Å². The fraction of sp³-hybridized carbons (Fsp3) is 0.727. The first-order valence-corrected chi connectivity index (χ1v) is 6.93. The van der Waals surface area contributed by atoms with Gasteiger partial charge in [-0.3, -0.25) is 9.59 Å². The van der Waals surface area contributed by atoms with E-state index in [9.17, 15) is 14.4 Å². The van der Waals surface area contributed by atoms with E-state index in [1.807, 2.05) is 13.8 Å². The Labute approximate surface area is 111 Å². The van der Waals surface area contributed by atoms with Gasteiger partial charge in [0.1, 0.15) is 6.04 Å². The number of carbonyl (C=O) groups is 3. The van der Waals surface area contributed by atoms with E-state index in [4.69, 9.17) is 5.11 Å². The van der Waals surface area contributed by atoms with Gasteiger partial charge in [-0.25, -0.2) is 4.79 Å². The first-order valence-electron chi connectivity index (χ1n) is 5.77. The molecule has 0 bridgehead atoms. The minimum absolute atomic E-state index is 0.0167. The maximum absolute atomic E-state index is 11.6. The van der Waals surface area contributed by atoms with Gasteiger partial charge in [-0.1, -0.05) is 0 Å². The first-order chi connectivity index (χ1) is 8.42. The topological polar surface area (TPSA) is 86.7 Å². The number of nitrogens with zero attached hydrogens (tertiary/aromatic N) is 1. The molecule has 6 nitrogen and oxygen atoms in total. The van der Waals surface area contributed by atoms with Gasteiger partial charge < -0.3 is 15.3 Å². The molecule has 0 aromatic rings. The standard InChI is InChI=1S/C11H20N2O4S/c1-4-13(5-2)10(15)7-18-6-9(11(16)17)12-8(3)14/h9H,4-7H2,1-3H3,(H,12,14)(H,16,17). The Morgan fingerprint density at radius 1 is 1.28 bits per heavy atom. The number of nitrogens with one attached hydrogen (secondary N) is 1. The van der Waals surface area contributed by atoms with Crippen LogP contribution in [0.2, 0.25) is 0 Å². The van der Waals surface area contributed by atoms with Crippen molar-refractivity contribution in [2.75, 3.05) is 24.6 Å². The molecule has 104 valence electrons. The normalized spacial score (nSPS) is 11.7. The Morgan fingerprint density at radius 2 is 1.83 bits per heavy atom. The first kappa shape index (κ1) is 16.8. The highest BCUT2D eigenvalue weighted by Gasteiger charge is 2.19. The number of aliphatic carboxylic acids is 1. The van der Waals surface area contributed by atoms with Crippen molar-refractivity contribution in [1.82, 2.24) is 10.2 Å². The van der Waals surface area contributed by atoms with Gasteiger partial charge >= 0.3 is 5.97 Å². The lowest BCUT2D eigenvalue weighted by molar-refractivity contribution is -0.140. The molecule has 1 unspecified atom stereocenters. The van der Waals surface area contributed by atoms with Gasteiger partial charge in [-0.2, -0.15) is 0 Å². The molecular formula is C11H20N2O4S. The van der Waals surface area contributed by atoms with E-state index in [2.05, 4.69) is 5.32 Å². The SMILES string of the molecule is CCN(CC)C(=O)CSCC(NC(C)=O)C(=O)O. The zero-order valence-electron chi connectivity index (χ0n) is 10.9. The second kappa shape index (κ2) is 8.79. The molecule has 0 rings (SSSR count). The molecule has 2 amide bonds. The Hall–Kier alpha value is -1.24. The summed E-state index contributed by atoms with van der Waals surface area (Å²) in [6.07, 6.45) is 0. The Kier molecular flexibility index (Phi) is 8.19. The number of hydrogen-bond acceptors (Lipinski definition) is 4. The monoisotopic (exact) mass is 276 g/mol. The van der Waals surface area contributed by atoms with Gasteiger partial charge in [0, 0.05) is 25.8 Å². The predicted molar refractivity (Wildman–Crippen MR) is 70.5 cm³/mol. The fourth-order valence-corrected chi connectivity index (χ4v) is 2.29. The molecule has 0 heterocycles. The van der Waals surface area contributed by atoms with Crippen LogP contribution in [0.15, 0.2) is 0 Å². The molecule has 7 heteroatoms. The van der Waals surface area contributed by atoms with E-state index < -0.39 is 17.9 Å². The van der Waals surface area contributed by atoms with Gasteiger partial charge in [0.05, 0.1) is 5.75 Å². The molecule has 0 fully saturated rings. The molecule has 0 spiro atoms. The molecule has 0 aliphatic rings. The van der Waals surface area contributed by atoms with Crippen LogP contribution in [0.1, 0.15) is 20.8 Å². The summed E-state index contributed by atoms with van der Waals surface area (Å²) in [5.74, 6) is -1.09. The molecule has 0 aromatic heterocycles. The van der Waals surface area contributed by atoms with E-state index in [-0.39, 0.29) is 17.4 Å². The summed E-state index contributed by atoms with van der Waals surface area (Å²) < 4.78 is 0. The Balaban J connectivity index is 4.10. The van der Waals surface area contributed by atoms with Gasteiger partial charge in [0.25, 0.3) is 0 Å². The molecule has 0 aliphatic heterocycles. The number of amides is 2. The van der Waals surface area contributed by atoms with E-state index in [1.54, 1.807) is 4.90 Å². The van der Waals surface area contributed by atoms with Gasteiger partial charge in [-0.05, 0) is 13.8 Å². The minimum Gasteiger partial charge on any atom is -0.480 e. The van der Waals surface area contributed by atoms with Crippen molar-refractivity contribution in [3.8, 4) is 0 Å². The summed E-state index contributed by atoms with van der Waals surface area (Å²) >= 11 is 1.21. The minimum atomic E-state index is -1.09. The van der Waals surface area contributed by atoms with Crippen molar-refractivity contribution >= 4 is 29.5 Å². The molecule has 0 saturated heterocycles. The third-order valence-corrected chi connectivity index (χ3v) is 3.32. The Morgan fingerprint density at radius 3 is 2.22 bits per heavy atom. The van der Waals surface area contributed by atoms with Crippen LogP contribution in [0.25, 0.3) is 0 Å². The van der Waals surface area contributed by atoms with Gasteiger partial charge in [0.15, 0.2) is 0 Å². The molecule has 0 aromatic carbocycles. The van der Waals surface area contributed by atoms with Crippen molar-refractivity contribution in [2.45, 2.75) is 26.8 Å². The predicted octanol–water partition coefficient (Wildman–Crippen LogP) is 0.177. The van der Waals surface area contributed by atoms with Crippen molar-refractivity contribution in [3.05, 3.63) is 0 Å². The fourth-order valence-electron chi connectivity index (χ4n) is 1.35. The number of thioether (sulfide) groups is 1. The quantitative estimate of drug-likeness (QED) is 0.660. The highest BCUT2D eigenvalue weighted by Crippen LogP contribution is 2.05. The van der Waals surface area contributed by atoms with Crippen LogP contribution in [0.5, 0.6) is 0 Å². The van der Waals surface area contributed by atoms with E-state index in [0.717, 1.165) is 0 Å². The van der Waals surface area contributed by atoms with Crippen LogP contribution in [-0.2, 0) is 14.4 Å². The molecule has 0 saturated carbocycles. The maximum atomic E-state index is 11.6. The van der Waals surface area contributed by atoms with Crippen LogP contribution in [0.3, 0.4) is 0 Å². The number of carbonyl (C=O) groups excluding carboxylic acids is 2. The highest BCUT2D eigenvalue weighted by atomic mass is 32.2. The van der Waals surface area contributed by atoms with Crippen LogP contribution < -0.4 is 5.32 Å². The number of hydrogen-bond donors (Lipinski definition) is 2. The third kappa shape index (κ3) is 6.48. The second-order valence-electron chi connectivity index (χ2n) is 3.67. The molecule has 2 N–H and O–H groups in total. The lowest BCUT2D eigenvalue weighted by Gasteiger charge is -2.19. The number of carboxylic acid groups (broad SMARTS) is 1. The van der Waals surface area contributed by atoms with Gasteiger partial charge in [-0.15, -0.1) is 11.8 Å².